The lowest BCUT2D eigenvalue weighted by molar-refractivity contribution is 0.493. The van der Waals surface area contributed by atoms with Crippen LogP contribution in [0.4, 0.5) is 0 Å². The summed E-state index contributed by atoms with van der Waals surface area (Å²) in [7, 11) is 2.05. The molecule has 0 saturated heterocycles. The van der Waals surface area contributed by atoms with E-state index in [-0.39, 0.29) is 0 Å². The van der Waals surface area contributed by atoms with Gasteiger partial charge in [0.15, 0.2) is 0 Å². The Morgan fingerprint density at radius 2 is 1.67 bits per heavy atom. The van der Waals surface area contributed by atoms with Gasteiger partial charge in [0.05, 0.1) is 0 Å². The molecule has 1 rings (SSSR count). The van der Waals surface area contributed by atoms with Gasteiger partial charge >= 0.3 is 0 Å². The summed E-state index contributed by atoms with van der Waals surface area (Å²) in [6.07, 6.45) is 12.2. The average molecular weight is 422 g/mol. The lowest BCUT2D eigenvalue weighted by Gasteiger charge is -2.18. The van der Waals surface area contributed by atoms with Crippen molar-refractivity contribution >= 4 is 34.2 Å². The monoisotopic (exact) mass is 421 g/mol. The van der Waals surface area contributed by atoms with Crippen molar-refractivity contribution in [3.05, 3.63) is 32.4 Å². The fourth-order valence-corrected chi connectivity index (χ4v) is 3.61. The second-order valence-electron chi connectivity index (χ2n) is 5.77. The van der Waals surface area contributed by atoms with Crippen molar-refractivity contribution in [2.75, 3.05) is 7.05 Å². The van der Waals surface area contributed by atoms with E-state index >= 15 is 0 Å². The highest BCUT2D eigenvalue weighted by Crippen LogP contribution is 2.27. The number of unbranched alkanes of at least 4 members (excludes halogenated alkanes) is 7. The maximum atomic E-state index is 6.13. The predicted octanol–water partition coefficient (Wildman–Crippen LogP) is 6.74. The van der Waals surface area contributed by atoms with Crippen LogP contribution in [-0.2, 0) is 0 Å². The molecule has 0 aliphatic heterocycles. The molecule has 0 amide bonds. The molecule has 1 nitrogen and oxygen atoms in total. The maximum Gasteiger partial charge on any atom is 0.0410 e. The Bertz CT molecular complexity index is 395. The molecule has 120 valence electrons. The first-order chi connectivity index (χ1) is 10.2. The van der Waals surface area contributed by atoms with Gasteiger partial charge in [-0.25, -0.2) is 0 Å². The Morgan fingerprint density at radius 3 is 2.29 bits per heavy atom. The van der Waals surface area contributed by atoms with Gasteiger partial charge in [0.25, 0.3) is 0 Å². The summed E-state index contributed by atoms with van der Waals surface area (Å²) >= 11 is 8.54. The summed E-state index contributed by atoms with van der Waals surface area (Å²) in [5.41, 5.74) is 1.34. The lowest BCUT2D eigenvalue weighted by atomic mass is 9.99. The van der Waals surface area contributed by atoms with Crippen LogP contribution in [0.1, 0.15) is 76.3 Å². The van der Waals surface area contributed by atoms with Crippen molar-refractivity contribution in [2.45, 2.75) is 70.8 Å². The van der Waals surface area contributed by atoms with Gasteiger partial charge in [-0.3, -0.25) is 0 Å². The summed E-state index contributed by atoms with van der Waals surface area (Å²) in [5.74, 6) is 0. The topological polar surface area (TPSA) is 12.0 Å². The fraction of sp³-hybridized carbons (Fsp3) is 0.667. The normalized spacial score (nSPS) is 12.6. The van der Waals surface area contributed by atoms with E-state index in [2.05, 4.69) is 47.0 Å². The molecule has 0 spiro atoms. The van der Waals surface area contributed by atoms with Gasteiger partial charge in [-0.1, -0.05) is 69.9 Å². The quantitative estimate of drug-likeness (QED) is 0.308. The van der Waals surface area contributed by atoms with Crippen LogP contribution in [0.5, 0.6) is 0 Å². The van der Waals surface area contributed by atoms with Crippen molar-refractivity contribution in [1.29, 1.82) is 0 Å². The summed E-state index contributed by atoms with van der Waals surface area (Å²) in [5, 5.41) is 4.28. The summed E-state index contributed by atoms with van der Waals surface area (Å²) < 4.78 is 1.30. The first kappa shape index (κ1) is 19.2. The summed E-state index contributed by atoms with van der Waals surface area (Å²) in [6.45, 7) is 2.27. The Morgan fingerprint density at radius 1 is 1.05 bits per heavy atom. The zero-order valence-electron chi connectivity index (χ0n) is 13.4. The molecule has 0 fully saturated rings. The maximum absolute atomic E-state index is 6.13. The number of rotatable bonds is 11. The first-order valence-electron chi connectivity index (χ1n) is 8.31. The highest BCUT2D eigenvalue weighted by molar-refractivity contribution is 14.1. The Kier molecular flexibility index (Phi) is 10.7. The number of hydrogen-bond donors (Lipinski definition) is 1. The van der Waals surface area contributed by atoms with E-state index in [0.717, 1.165) is 5.02 Å². The fourth-order valence-electron chi connectivity index (χ4n) is 2.72. The summed E-state index contributed by atoms with van der Waals surface area (Å²) in [4.78, 5) is 0. The Labute approximate surface area is 149 Å². The van der Waals surface area contributed by atoms with Crippen LogP contribution >= 0.6 is 34.2 Å². The molecule has 1 unspecified atom stereocenters. The van der Waals surface area contributed by atoms with Gasteiger partial charge in [-0.15, -0.1) is 0 Å². The molecule has 1 aromatic carbocycles. The Balaban J connectivity index is 2.27. The lowest BCUT2D eigenvalue weighted by Crippen LogP contribution is -2.17. The molecule has 0 bridgehead atoms. The van der Waals surface area contributed by atoms with E-state index in [9.17, 15) is 0 Å². The minimum Gasteiger partial charge on any atom is -0.313 e. The Hall–Kier alpha value is 0.200. The van der Waals surface area contributed by atoms with Gasteiger partial charge in [0.1, 0.15) is 0 Å². The third-order valence-corrected chi connectivity index (χ3v) is 5.25. The molecule has 21 heavy (non-hydrogen) atoms. The highest BCUT2D eigenvalue weighted by atomic mass is 127. The smallest absolute Gasteiger partial charge is 0.0410 e. The zero-order valence-corrected chi connectivity index (χ0v) is 16.3. The molecule has 0 aliphatic rings. The van der Waals surface area contributed by atoms with Crippen LogP contribution in [0.25, 0.3) is 0 Å². The van der Waals surface area contributed by atoms with Crippen molar-refractivity contribution in [3.8, 4) is 0 Å². The van der Waals surface area contributed by atoms with Crippen LogP contribution < -0.4 is 5.32 Å². The van der Waals surface area contributed by atoms with E-state index in [0.29, 0.717) is 6.04 Å². The molecule has 1 atom stereocenters. The van der Waals surface area contributed by atoms with Crippen LogP contribution in [0.2, 0.25) is 5.02 Å². The second kappa shape index (κ2) is 11.7. The number of nitrogens with one attached hydrogen (secondary N) is 1. The van der Waals surface area contributed by atoms with E-state index in [4.69, 9.17) is 11.6 Å². The largest absolute Gasteiger partial charge is 0.313 e. The molecular weight excluding hydrogens is 393 g/mol. The third kappa shape index (κ3) is 7.85. The first-order valence-corrected chi connectivity index (χ1v) is 9.77. The molecular formula is C18H29ClIN. The van der Waals surface area contributed by atoms with Crippen molar-refractivity contribution in [3.63, 3.8) is 0 Å². The standard InChI is InChI=1S/C18H29ClIN/c1-3-4-5-6-7-8-9-10-11-18(21-2)16-14-15(19)12-13-17(16)20/h12-14,18,21H,3-11H2,1-2H3. The highest BCUT2D eigenvalue weighted by Gasteiger charge is 2.12. The van der Waals surface area contributed by atoms with Crippen LogP contribution in [0, 0.1) is 3.57 Å². The van der Waals surface area contributed by atoms with Gasteiger partial charge in [-0.2, -0.15) is 0 Å². The predicted molar refractivity (Wildman–Crippen MR) is 103 cm³/mol. The van der Waals surface area contributed by atoms with Gasteiger partial charge in [-0.05, 0) is 59.8 Å². The van der Waals surface area contributed by atoms with Crippen molar-refractivity contribution in [1.82, 2.24) is 5.32 Å². The van der Waals surface area contributed by atoms with Crippen LogP contribution in [0.3, 0.4) is 0 Å². The molecule has 0 aromatic heterocycles. The van der Waals surface area contributed by atoms with Gasteiger partial charge in [0.2, 0.25) is 0 Å². The van der Waals surface area contributed by atoms with Gasteiger partial charge < -0.3 is 5.32 Å². The number of benzene rings is 1. The SMILES string of the molecule is CCCCCCCCCCC(NC)c1cc(Cl)ccc1I. The van der Waals surface area contributed by atoms with E-state index in [1.54, 1.807) is 0 Å². The van der Waals surface area contributed by atoms with E-state index in [1.165, 1.54) is 66.9 Å². The number of hydrogen-bond acceptors (Lipinski definition) is 1. The average Bonchev–Trinajstić information content (AvgIpc) is 2.49. The molecule has 1 aromatic rings. The molecule has 0 radical (unpaired) electrons. The van der Waals surface area contributed by atoms with Crippen LogP contribution in [-0.4, -0.2) is 7.05 Å². The van der Waals surface area contributed by atoms with Crippen molar-refractivity contribution in [2.24, 2.45) is 0 Å². The minimum atomic E-state index is 0.427. The van der Waals surface area contributed by atoms with Crippen molar-refractivity contribution < 1.29 is 0 Å². The van der Waals surface area contributed by atoms with Gasteiger partial charge in [0, 0.05) is 14.6 Å². The molecule has 0 heterocycles. The second-order valence-corrected chi connectivity index (χ2v) is 7.37. The minimum absolute atomic E-state index is 0.427. The molecule has 0 saturated carbocycles. The summed E-state index contributed by atoms with van der Waals surface area (Å²) in [6, 6.07) is 6.61. The van der Waals surface area contributed by atoms with E-state index in [1.807, 2.05) is 13.1 Å². The number of halogens is 2. The molecule has 3 heteroatoms. The third-order valence-electron chi connectivity index (χ3n) is 4.03. The zero-order chi connectivity index (χ0) is 15.5. The van der Waals surface area contributed by atoms with Crippen LogP contribution in [0.15, 0.2) is 18.2 Å². The van der Waals surface area contributed by atoms with E-state index < -0.39 is 0 Å². The molecule has 1 N–H and O–H groups in total. The molecule has 0 aliphatic carbocycles.